The van der Waals surface area contributed by atoms with Crippen molar-refractivity contribution in [2.75, 3.05) is 7.05 Å². The molecule has 0 aliphatic rings. The molecule has 1 N–H and O–H groups in total. The lowest BCUT2D eigenvalue weighted by Crippen LogP contribution is -2.40. The van der Waals surface area contributed by atoms with Crippen LogP contribution in [0.1, 0.15) is 30.1 Å². The summed E-state index contributed by atoms with van der Waals surface area (Å²) in [4.78, 5) is 35.3. The highest BCUT2D eigenvalue weighted by molar-refractivity contribution is 5.98. The van der Waals surface area contributed by atoms with Crippen LogP contribution in [0.2, 0.25) is 0 Å². The number of hydrogen-bond acceptors (Lipinski definition) is 3. The fraction of sp³-hybridized carbons (Fsp3) is 0.357. The summed E-state index contributed by atoms with van der Waals surface area (Å²) >= 11 is 0. The van der Waals surface area contributed by atoms with E-state index in [1.54, 1.807) is 0 Å². The Kier molecular flexibility index (Phi) is 5.37. The van der Waals surface area contributed by atoms with E-state index in [2.05, 4.69) is 0 Å². The normalized spacial score (nSPS) is 11.8. The Morgan fingerprint density at radius 3 is 2.25 bits per heavy atom. The highest BCUT2D eigenvalue weighted by Gasteiger charge is 2.22. The molecule has 0 radical (unpaired) electrons. The van der Waals surface area contributed by atoms with Crippen molar-refractivity contribution in [3.8, 4) is 0 Å². The third-order valence-corrected chi connectivity index (χ3v) is 3.06. The molecule has 1 aromatic carbocycles. The summed E-state index contributed by atoms with van der Waals surface area (Å²) in [6, 6.07) is 4.11. The van der Waals surface area contributed by atoms with Crippen LogP contribution in [-0.4, -0.2) is 40.8 Å². The lowest BCUT2D eigenvalue weighted by atomic mass is 10.1. The molecule has 1 atom stereocenters. The van der Waals surface area contributed by atoms with Crippen LogP contribution in [0.5, 0.6) is 0 Å². The van der Waals surface area contributed by atoms with Gasteiger partial charge in [0, 0.05) is 25.5 Å². The summed E-state index contributed by atoms with van der Waals surface area (Å²) in [5.41, 5.74) is 0.327. The summed E-state index contributed by atoms with van der Waals surface area (Å²) in [6.07, 6.45) is -0.120. The Morgan fingerprint density at radius 1 is 1.20 bits per heavy atom. The summed E-state index contributed by atoms with van der Waals surface area (Å²) < 4.78 is 12.7. The van der Waals surface area contributed by atoms with E-state index < -0.39 is 23.7 Å². The van der Waals surface area contributed by atoms with Gasteiger partial charge in [0.2, 0.25) is 5.91 Å². The van der Waals surface area contributed by atoms with Crippen molar-refractivity contribution in [1.29, 1.82) is 0 Å². The molecule has 0 aliphatic heterocycles. The van der Waals surface area contributed by atoms with Gasteiger partial charge in [-0.05, 0) is 31.2 Å². The standard InChI is InChI=1S/C14H16FNO4/c1-9(14(19)20)16(2)13(18)8-7-12(17)10-3-5-11(15)6-4-10/h3-6,9H,7-8H2,1-2H3,(H,19,20). The van der Waals surface area contributed by atoms with E-state index in [4.69, 9.17) is 5.11 Å². The van der Waals surface area contributed by atoms with Gasteiger partial charge in [-0.3, -0.25) is 9.59 Å². The second-order valence-electron chi connectivity index (χ2n) is 4.45. The van der Waals surface area contributed by atoms with Crippen molar-refractivity contribution in [3.05, 3.63) is 35.6 Å². The maximum absolute atomic E-state index is 12.7. The highest BCUT2D eigenvalue weighted by Crippen LogP contribution is 2.09. The number of ketones is 1. The average Bonchev–Trinajstić information content (AvgIpc) is 2.43. The lowest BCUT2D eigenvalue weighted by molar-refractivity contribution is -0.148. The summed E-state index contributed by atoms with van der Waals surface area (Å²) in [6.45, 7) is 1.39. The number of rotatable bonds is 6. The molecule has 0 bridgehead atoms. The number of amides is 1. The largest absolute Gasteiger partial charge is 0.480 e. The molecule has 0 spiro atoms. The van der Waals surface area contributed by atoms with Crippen LogP contribution in [-0.2, 0) is 9.59 Å². The Hall–Kier alpha value is -2.24. The molecule has 0 saturated carbocycles. The maximum atomic E-state index is 12.7. The Bertz CT molecular complexity index is 512. The van der Waals surface area contributed by atoms with Crippen LogP contribution in [0.25, 0.3) is 0 Å². The van der Waals surface area contributed by atoms with Gasteiger partial charge in [-0.15, -0.1) is 0 Å². The number of Topliss-reactive ketones (excluding diaryl/α,β-unsaturated/α-hetero) is 1. The van der Waals surface area contributed by atoms with Gasteiger partial charge in [0.1, 0.15) is 11.9 Å². The molecule has 0 heterocycles. The number of likely N-dealkylation sites (N-methyl/N-ethyl adjacent to an activating group) is 1. The molecule has 0 fully saturated rings. The number of nitrogens with zero attached hydrogens (tertiary/aromatic N) is 1. The number of carbonyl (C=O) groups is 3. The topological polar surface area (TPSA) is 74.7 Å². The van der Waals surface area contributed by atoms with E-state index in [0.717, 1.165) is 4.90 Å². The summed E-state index contributed by atoms with van der Waals surface area (Å²) in [5.74, 6) is -2.25. The molecule has 1 rings (SSSR count). The van der Waals surface area contributed by atoms with E-state index in [-0.39, 0.29) is 18.6 Å². The molecular formula is C14H16FNO4. The zero-order valence-electron chi connectivity index (χ0n) is 11.3. The zero-order valence-corrected chi connectivity index (χ0v) is 11.3. The third kappa shape index (κ3) is 4.15. The van der Waals surface area contributed by atoms with Gasteiger partial charge in [-0.2, -0.15) is 0 Å². The van der Waals surface area contributed by atoms with E-state index in [9.17, 15) is 18.8 Å². The van der Waals surface area contributed by atoms with E-state index >= 15 is 0 Å². The van der Waals surface area contributed by atoms with Crippen molar-refractivity contribution >= 4 is 17.7 Å². The van der Waals surface area contributed by atoms with E-state index in [1.807, 2.05) is 0 Å². The molecule has 0 aliphatic carbocycles. The van der Waals surface area contributed by atoms with Crippen molar-refractivity contribution < 1.29 is 23.9 Å². The van der Waals surface area contributed by atoms with Crippen molar-refractivity contribution in [1.82, 2.24) is 4.90 Å². The third-order valence-electron chi connectivity index (χ3n) is 3.06. The highest BCUT2D eigenvalue weighted by atomic mass is 19.1. The first kappa shape index (κ1) is 15.8. The quantitative estimate of drug-likeness (QED) is 0.806. The number of hydrogen-bond donors (Lipinski definition) is 1. The Labute approximate surface area is 116 Å². The van der Waals surface area contributed by atoms with Gasteiger partial charge >= 0.3 is 5.97 Å². The SMILES string of the molecule is CC(C(=O)O)N(C)C(=O)CCC(=O)c1ccc(F)cc1. The van der Waals surface area contributed by atoms with Crippen LogP contribution in [0.4, 0.5) is 4.39 Å². The molecule has 1 amide bonds. The fourth-order valence-corrected chi connectivity index (χ4v) is 1.56. The molecule has 1 aromatic rings. The number of aliphatic carboxylic acids is 1. The van der Waals surface area contributed by atoms with Crippen molar-refractivity contribution in [3.63, 3.8) is 0 Å². The Morgan fingerprint density at radius 2 is 1.75 bits per heavy atom. The maximum Gasteiger partial charge on any atom is 0.326 e. The molecule has 6 heteroatoms. The van der Waals surface area contributed by atoms with Crippen molar-refractivity contribution in [2.24, 2.45) is 0 Å². The molecule has 5 nitrogen and oxygen atoms in total. The number of benzene rings is 1. The molecule has 0 aromatic heterocycles. The van der Waals surface area contributed by atoms with Crippen LogP contribution in [0, 0.1) is 5.82 Å². The predicted octanol–water partition coefficient (Wildman–Crippen LogP) is 1.72. The molecule has 108 valence electrons. The molecule has 1 unspecified atom stereocenters. The van der Waals surface area contributed by atoms with Gasteiger partial charge < -0.3 is 10.0 Å². The summed E-state index contributed by atoms with van der Waals surface area (Å²) in [5, 5.41) is 8.79. The van der Waals surface area contributed by atoms with Crippen LogP contribution in [0.15, 0.2) is 24.3 Å². The molecular weight excluding hydrogens is 265 g/mol. The monoisotopic (exact) mass is 281 g/mol. The van der Waals surface area contributed by atoms with E-state index in [1.165, 1.54) is 38.2 Å². The second-order valence-corrected chi connectivity index (χ2v) is 4.45. The number of halogens is 1. The number of carboxylic acid groups (broad SMARTS) is 1. The minimum Gasteiger partial charge on any atom is -0.480 e. The lowest BCUT2D eigenvalue weighted by Gasteiger charge is -2.21. The van der Waals surface area contributed by atoms with Gasteiger partial charge in [0.25, 0.3) is 0 Å². The van der Waals surface area contributed by atoms with Gasteiger partial charge in [-0.25, -0.2) is 9.18 Å². The van der Waals surface area contributed by atoms with Gasteiger partial charge in [0.15, 0.2) is 5.78 Å². The van der Waals surface area contributed by atoms with Gasteiger partial charge in [0.05, 0.1) is 0 Å². The molecule has 20 heavy (non-hydrogen) atoms. The van der Waals surface area contributed by atoms with Crippen molar-refractivity contribution in [2.45, 2.75) is 25.8 Å². The first-order valence-electron chi connectivity index (χ1n) is 6.10. The van der Waals surface area contributed by atoms with Gasteiger partial charge in [-0.1, -0.05) is 0 Å². The van der Waals surface area contributed by atoms with Crippen LogP contribution in [0.3, 0.4) is 0 Å². The second kappa shape index (κ2) is 6.79. The minimum atomic E-state index is -1.11. The fourth-order valence-electron chi connectivity index (χ4n) is 1.56. The zero-order chi connectivity index (χ0) is 15.3. The van der Waals surface area contributed by atoms with Crippen LogP contribution < -0.4 is 0 Å². The van der Waals surface area contributed by atoms with E-state index in [0.29, 0.717) is 5.56 Å². The first-order chi connectivity index (χ1) is 9.32. The van der Waals surface area contributed by atoms with Crippen LogP contribution >= 0.6 is 0 Å². The minimum absolute atomic E-state index is 0.0405. The smallest absolute Gasteiger partial charge is 0.326 e. The molecule has 0 saturated heterocycles. The first-order valence-corrected chi connectivity index (χ1v) is 6.10. The number of carbonyl (C=O) groups excluding carboxylic acids is 2. The summed E-state index contributed by atoms with van der Waals surface area (Å²) in [7, 11) is 1.38. The Balaban J connectivity index is 2.54. The average molecular weight is 281 g/mol. The number of carboxylic acids is 1. The predicted molar refractivity (Wildman–Crippen MR) is 69.8 cm³/mol.